The zero-order chi connectivity index (χ0) is 16.0. The van der Waals surface area contributed by atoms with E-state index in [1.54, 1.807) is 18.2 Å². The summed E-state index contributed by atoms with van der Waals surface area (Å²) in [6.45, 7) is 0. The monoisotopic (exact) mass is 319 g/mol. The van der Waals surface area contributed by atoms with Crippen molar-refractivity contribution in [3.05, 3.63) is 59.5 Å². The van der Waals surface area contributed by atoms with Crippen LogP contribution in [0, 0.1) is 0 Å². The van der Waals surface area contributed by atoms with Crippen molar-refractivity contribution in [1.29, 1.82) is 0 Å². The lowest BCUT2D eigenvalue weighted by molar-refractivity contribution is 0.355. The van der Waals surface area contributed by atoms with E-state index in [4.69, 9.17) is 9.47 Å². The zero-order valence-electron chi connectivity index (χ0n) is 12.3. The van der Waals surface area contributed by atoms with Crippen LogP contribution >= 0.6 is 0 Å². The van der Waals surface area contributed by atoms with Crippen molar-refractivity contribution in [1.82, 2.24) is 0 Å². The van der Waals surface area contributed by atoms with Crippen molar-refractivity contribution in [2.75, 3.05) is 18.9 Å². The van der Waals surface area contributed by atoms with E-state index in [0.29, 0.717) is 17.2 Å². The Labute approximate surface area is 130 Å². The third kappa shape index (κ3) is 4.26. The van der Waals surface area contributed by atoms with Gasteiger partial charge in [0.1, 0.15) is 0 Å². The molecule has 6 heteroatoms. The van der Waals surface area contributed by atoms with Gasteiger partial charge < -0.3 is 9.47 Å². The number of sulfonamides is 1. The van der Waals surface area contributed by atoms with Gasteiger partial charge in [-0.25, -0.2) is 8.42 Å². The van der Waals surface area contributed by atoms with E-state index in [2.05, 4.69) is 4.72 Å². The van der Waals surface area contributed by atoms with Crippen LogP contribution in [0.2, 0.25) is 0 Å². The van der Waals surface area contributed by atoms with Crippen LogP contribution in [0.4, 0.5) is 5.69 Å². The zero-order valence-corrected chi connectivity index (χ0v) is 13.1. The highest BCUT2D eigenvalue weighted by Crippen LogP contribution is 2.30. The number of nitrogens with one attached hydrogen (secondary N) is 1. The topological polar surface area (TPSA) is 64.6 Å². The third-order valence-electron chi connectivity index (χ3n) is 2.88. The summed E-state index contributed by atoms with van der Waals surface area (Å²) in [6, 6.07) is 14.0. The minimum atomic E-state index is -3.60. The molecule has 0 unspecified atom stereocenters. The molecule has 2 rings (SSSR count). The molecule has 0 heterocycles. The van der Waals surface area contributed by atoms with Gasteiger partial charge in [-0.15, -0.1) is 0 Å². The van der Waals surface area contributed by atoms with Crippen molar-refractivity contribution in [3.8, 4) is 11.5 Å². The third-order valence-corrected chi connectivity index (χ3v) is 3.90. The highest BCUT2D eigenvalue weighted by Gasteiger charge is 2.09. The van der Waals surface area contributed by atoms with Crippen LogP contribution in [0.1, 0.15) is 5.56 Å². The second-order valence-electron chi connectivity index (χ2n) is 4.43. The van der Waals surface area contributed by atoms with Crippen LogP contribution in [0.5, 0.6) is 11.5 Å². The van der Waals surface area contributed by atoms with E-state index in [1.807, 2.05) is 30.3 Å². The molecule has 0 atom stereocenters. The fourth-order valence-corrected chi connectivity index (χ4v) is 2.69. The second kappa shape index (κ2) is 7.00. The molecule has 0 fully saturated rings. The fourth-order valence-electron chi connectivity index (χ4n) is 1.83. The Balaban J connectivity index is 2.17. The molecule has 2 aromatic carbocycles. The molecular formula is C16H17NO4S. The van der Waals surface area contributed by atoms with E-state index in [1.165, 1.54) is 20.3 Å². The summed E-state index contributed by atoms with van der Waals surface area (Å²) in [5.41, 5.74) is 1.20. The van der Waals surface area contributed by atoms with Crippen molar-refractivity contribution >= 4 is 21.8 Å². The number of ether oxygens (including phenoxy) is 2. The van der Waals surface area contributed by atoms with Crippen molar-refractivity contribution < 1.29 is 17.9 Å². The lowest BCUT2D eigenvalue weighted by Gasteiger charge is -2.10. The minimum absolute atomic E-state index is 0.398. The molecule has 1 N–H and O–H groups in total. The Kier molecular flexibility index (Phi) is 5.06. The number of methoxy groups -OCH3 is 2. The molecule has 2 aromatic rings. The van der Waals surface area contributed by atoms with Crippen LogP contribution in [0.15, 0.2) is 53.9 Å². The first kappa shape index (κ1) is 15.9. The molecule has 5 nitrogen and oxygen atoms in total. The van der Waals surface area contributed by atoms with E-state index in [-0.39, 0.29) is 0 Å². The minimum Gasteiger partial charge on any atom is -0.493 e. The van der Waals surface area contributed by atoms with Crippen molar-refractivity contribution in [2.24, 2.45) is 0 Å². The highest BCUT2D eigenvalue weighted by molar-refractivity contribution is 7.95. The van der Waals surface area contributed by atoms with Gasteiger partial charge in [-0.2, -0.15) is 0 Å². The maximum Gasteiger partial charge on any atom is 0.255 e. The summed E-state index contributed by atoms with van der Waals surface area (Å²) in [7, 11) is -0.595. The van der Waals surface area contributed by atoms with Crippen molar-refractivity contribution in [2.45, 2.75) is 0 Å². The first-order valence-electron chi connectivity index (χ1n) is 6.52. The van der Waals surface area contributed by atoms with Gasteiger partial charge in [-0.3, -0.25) is 4.72 Å². The van der Waals surface area contributed by atoms with Gasteiger partial charge in [-0.1, -0.05) is 30.3 Å². The van der Waals surface area contributed by atoms with Crippen LogP contribution in [0.3, 0.4) is 0 Å². The Morgan fingerprint density at radius 3 is 2.27 bits per heavy atom. The van der Waals surface area contributed by atoms with Gasteiger partial charge in [0.25, 0.3) is 10.0 Å². The Bertz CT molecular complexity index is 755. The number of hydrogen-bond donors (Lipinski definition) is 1. The first-order valence-corrected chi connectivity index (χ1v) is 8.06. The molecule has 0 aliphatic heterocycles. The molecule has 0 aliphatic carbocycles. The Hall–Kier alpha value is -2.47. The normalized spacial score (nSPS) is 11.4. The number of hydrogen-bond acceptors (Lipinski definition) is 4. The molecule has 0 saturated carbocycles. The molecule has 0 spiro atoms. The number of anilines is 1. The number of benzene rings is 2. The summed E-state index contributed by atoms with van der Waals surface area (Å²) >= 11 is 0. The predicted octanol–water partition coefficient (Wildman–Crippen LogP) is 3.12. The molecule has 0 amide bonds. The summed E-state index contributed by atoms with van der Waals surface area (Å²) in [4.78, 5) is 0. The molecule has 0 radical (unpaired) electrons. The predicted molar refractivity (Wildman–Crippen MR) is 87.6 cm³/mol. The van der Waals surface area contributed by atoms with Gasteiger partial charge in [0.2, 0.25) is 0 Å². The Morgan fingerprint density at radius 1 is 0.955 bits per heavy atom. The van der Waals surface area contributed by atoms with Crippen LogP contribution in [0.25, 0.3) is 6.08 Å². The molecular weight excluding hydrogens is 302 g/mol. The van der Waals surface area contributed by atoms with E-state index < -0.39 is 10.0 Å². The smallest absolute Gasteiger partial charge is 0.255 e. The molecule has 0 aromatic heterocycles. The van der Waals surface area contributed by atoms with E-state index >= 15 is 0 Å². The SMILES string of the molecule is COc1ccc(NS(=O)(=O)/C=C/c2ccccc2)cc1OC. The maximum absolute atomic E-state index is 12.1. The average molecular weight is 319 g/mol. The van der Waals surface area contributed by atoms with E-state index in [0.717, 1.165) is 11.0 Å². The van der Waals surface area contributed by atoms with Gasteiger partial charge >= 0.3 is 0 Å². The van der Waals surface area contributed by atoms with Gasteiger partial charge in [0.05, 0.1) is 25.3 Å². The lowest BCUT2D eigenvalue weighted by atomic mass is 10.2. The quantitative estimate of drug-likeness (QED) is 0.888. The molecule has 0 aliphatic rings. The largest absolute Gasteiger partial charge is 0.493 e. The highest BCUT2D eigenvalue weighted by atomic mass is 32.2. The van der Waals surface area contributed by atoms with Gasteiger partial charge in [0, 0.05) is 6.07 Å². The fraction of sp³-hybridized carbons (Fsp3) is 0.125. The molecule has 0 saturated heterocycles. The summed E-state index contributed by atoms with van der Waals surface area (Å²) < 4.78 is 36.8. The van der Waals surface area contributed by atoms with Gasteiger partial charge in [0.15, 0.2) is 11.5 Å². The van der Waals surface area contributed by atoms with Crippen LogP contribution in [-0.2, 0) is 10.0 Å². The molecule has 0 bridgehead atoms. The lowest BCUT2D eigenvalue weighted by Crippen LogP contribution is -2.09. The van der Waals surface area contributed by atoms with Crippen LogP contribution in [-0.4, -0.2) is 22.6 Å². The van der Waals surface area contributed by atoms with E-state index in [9.17, 15) is 8.42 Å². The summed E-state index contributed by atoms with van der Waals surface area (Å²) in [5, 5.41) is 1.12. The first-order chi connectivity index (χ1) is 10.5. The van der Waals surface area contributed by atoms with Crippen LogP contribution < -0.4 is 14.2 Å². The second-order valence-corrected chi connectivity index (χ2v) is 6.00. The molecule has 22 heavy (non-hydrogen) atoms. The van der Waals surface area contributed by atoms with Gasteiger partial charge in [-0.05, 0) is 23.8 Å². The Morgan fingerprint density at radius 2 is 1.64 bits per heavy atom. The van der Waals surface area contributed by atoms with Crippen molar-refractivity contribution in [3.63, 3.8) is 0 Å². The summed E-state index contributed by atoms with van der Waals surface area (Å²) in [5.74, 6) is 0.986. The summed E-state index contributed by atoms with van der Waals surface area (Å²) in [6.07, 6.45) is 1.53. The maximum atomic E-state index is 12.1. The molecule has 116 valence electrons. The number of rotatable bonds is 6. The standard InChI is InChI=1S/C16H17NO4S/c1-20-15-9-8-14(12-16(15)21-2)17-22(18,19)11-10-13-6-4-3-5-7-13/h3-12,17H,1-2H3/b11-10+. The average Bonchev–Trinajstić information content (AvgIpc) is 2.53.